The second kappa shape index (κ2) is 9.24. The summed E-state index contributed by atoms with van der Waals surface area (Å²) in [7, 11) is -2.78. The topological polar surface area (TPSA) is 138 Å². The lowest BCUT2D eigenvalue weighted by atomic mass is 10.2. The zero-order valence-corrected chi connectivity index (χ0v) is 19.3. The van der Waals surface area contributed by atoms with Crippen molar-refractivity contribution in [2.75, 3.05) is 19.1 Å². The normalized spacial score (nSPS) is 22.6. The molecule has 11 heteroatoms. The van der Waals surface area contributed by atoms with E-state index in [9.17, 15) is 10.2 Å². The summed E-state index contributed by atoms with van der Waals surface area (Å²) in [5, 5.41) is 24.9. The van der Waals surface area contributed by atoms with Gasteiger partial charge in [0.05, 0.1) is 23.8 Å². The number of aromatic nitrogens is 4. The summed E-state index contributed by atoms with van der Waals surface area (Å²) < 4.78 is 20.2. The number of anilines is 1. The maximum absolute atomic E-state index is 9.96. The van der Waals surface area contributed by atoms with E-state index in [4.69, 9.17) is 19.3 Å². The van der Waals surface area contributed by atoms with E-state index < -0.39 is 33.8 Å². The molecule has 2 aromatic heterocycles. The van der Waals surface area contributed by atoms with Crippen molar-refractivity contribution in [3.63, 3.8) is 0 Å². The number of ether oxygens (including phenoxy) is 1. The molecule has 4 N–H and O–H groups in total. The van der Waals surface area contributed by atoms with Gasteiger partial charge < -0.3 is 29.5 Å². The number of aryl methyl sites for hydroxylation is 1. The lowest BCUT2D eigenvalue weighted by molar-refractivity contribution is -0.0530. The average molecular weight is 440 g/mol. The van der Waals surface area contributed by atoms with Crippen LogP contribution >= 0.6 is 0 Å². The van der Waals surface area contributed by atoms with Gasteiger partial charge in [-0.25, -0.2) is 14.6 Å². The van der Waals surface area contributed by atoms with E-state index in [-0.39, 0.29) is 17.7 Å². The number of nitrogens with zero attached hydrogens (tertiary/aromatic N) is 4. The highest BCUT2D eigenvalue weighted by atomic mass is 28.4. The summed E-state index contributed by atoms with van der Waals surface area (Å²) in [5.41, 5.74) is 7.67. The second-order valence-electron chi connectivity index (χ2n) is 8.21. The number of fused-ring (bicyclic) bond motifs is 1. The summed E-state index contributed by atoms with van der Waals surface area (Å²) >= 11 is 0. The van der Waals surface area contributed by atoms with Gasteiger partial charge in [0.25, 0.3) is 0 Å². The number of aliphatic hydroxyl groups is 2. The standard InChI is InChI=1S/C19H33N5O5Si/c1-6-13-17-18(20)21-9-22-19(17)24(23-13)16-7-14(15(8-25)28-16)29-30(11(2)3,12(4)5)27-10-26/h9,11-12,14-16,25-26H,6-8,10H2,1-5H3,(H2,20,21,22)/t14-,15-,16+/m0/s1. The van der Waals surface area contributed by atoms with Crippen molar-refractivity contribution < 1.29 is 23.8 Å². The summed E-state index contributed by atoms with van der Waals surface area (Å²) in [5.74, 6) is 0.384. The van der Waals surface area contributed by atoms with Crippen LogP contribution in [0.1, 0.15) is 53.0 Å². The molecule has 0 aliphatic carbocycles. The van der Waals surface area contributed by atoms with Gasteiger partial charge in [-0.1, -0.05) is 34.6 Å². The fraction of sp³-hybridized carbons (Fsp3) is 0.737. The first kappa shape index (κ1) is 23.0. The molecule has 30 heavy (non-hydrogen) atoms. The fourth-order valence-electron chi connectivity index (χ4n) is 4.30. The molecule has 0 bridgehead atoms. The largest absolute Gasteiger partial charge is 0.394 e. The van der Waals surface area contributed by atoms with Crippen LogP contribution < -0.4 is 5.73 Å². The molecule has 10 nitrogen and oxygen atoms in total. The highest BCUT2D eigenvalue weighted by molar-refractivity contribution is 6.70. The molecule has 0 amide bonds. The first-order valence-corrected chi connectivity index (χ1v) is 12.4. The number of rotatable bonds is 9. The van der Waals surface area contributed by atoms with Gasteiger partial charge in [0.1, 0.15) is 25.0 Å². The van der Waals surface area contributed by atoms with Crippen LogP contribution in [0.5, 0.6) is 0 Å². The lowest BCUT2D eigenvalue weighted by Crippen LogP contribution is -2.52. The van der Waals surface area contributed by atoms with Crippen LogP contribution in [0.2, 0.25) is 11.1 Å². The Morgan fingerprint density at radius 3 is 2.53 bits per heavy atom. The molecule has 0 radical (unpaired) electrons. The molecular formula is C19H33N5O5Si. The van der Waals surface area contributed by atoms with Crippen molar-refractivity contribution in [1.82, 2.24) is 19.7 Å². The summed E-state index contributed by atoms with van der Waals surface area (Å²) in [6.45, 7) is 9.55. The van der Waals surface area contributed by atoms with Gasteiger partial charge in [-0.2, -0.15) is 5.10 Å². The number of hydrogen-bond acceptors (Lipinski definition) is 9. The van der Waals surface area contributed by atoms with Gasteiger partial charge in [-0.15, -0.1) is 0 Å². The third-order valence-electron chi connectivity index (χ3n) is 5.79. The molecule has 2 aromatic rings. The molecule has 0 unspecified atom stereocenters. The molecule has 1 aliphatic heterocycles. The maximum atomic E-state index is 9.96. The SMILES string of the molecule is CCc1nn([C@H]2C[C@H](O[Si](OCO)(C(C)C)C(C)C)[C@H](CO)O2)c2ncnc(N)c12. The Bertz CT molecular complexity index is 853. The minimum absolute atomic E-state index is 0.104. The van der Waals surface area contributed by atoms with Crippen molar-refractivity contribution >= 4 is 25.4 Å². The zero-order valence-electron chi connectivity index (χ0n) is 18.3. The Labute approximate surface area is 177 Å². The molecule has 1 fully saturated rings. The van der Waals surface area contributed by atoms with E-state index in [1.54, 1.807) is 4.68 Å². The molecule has 168 valence electrons. The Balaban J connectivity index is 1.94. The van der Waals surface area contributed by atoms with Gasteiger partial charge in [0.15, 0.2) is 11.9 Å². The Kier molecular flexibility index (Phi) is 7.10. The minimum atomic E-state index is -2.78. The molecule has 3 rings (SSSR count). The van der Waals surface area contributed by atoms with Crippen LogP contribution in [0.25, 0.3) is 11.0 Å². The number of nitrogen functional groups attached to an aromatic ring is 1. The van der Waals surface area contributed by atoms with E-state index >= 15 is 0 Å². The van der Waals surface area contributed by atoms with Crippen LogP contribution in [0, 0.1) is 0 Å². The number of hydrogen-bond donors (Lipinski definition) is 3. The number of nitrogens with two attached hydrogens (primary N) is 1. The van der Waals surface area contributed by atoms with E-state index in [0.29, 0.717) is 24.3 Å². The van der Waals surface area contributed by atoms with Gasteiger partial charge >= 0.3 is 8.56 Å². The van der Waals surface area contributed by atoms with Gasteiger partial charge in [0.2, 0.25) is 0 Å². The van der Waals surface area contributed by atoms with Crippen molar-refractivity contribution in [2.45, 2.75) is 77.0 Å². The molecular weight excluding hydrogens is 406 g/mol. The first-order chi connectivity index (χ1) is 14.3. The Morgan fingerprint density at radius 2 is 1.97 bits per heavy atom. The predicted molar refractivity (Wildman–Crippen MR) is 114 cm³/mol. The van der Waals surface area contributed by atoms with Gasteiger partial charge in [-0.3, -0.25) is 0 Å². The van der Waals surface area contributed by atoms with E-state index in [1.807, 2.05) is 34.6 Å². The summed E-state index contributed by atoms with van der Waals surface area (Å²) in [6, 6.07) is 0. The van der Waals surface area contributed by atoms with Crippen LogP contribution in [0.4, 0.5) is 5.82 Å². The van der Waals surface area contributed by atoms with E-state index in [2.05, 4.69) is 15.1 Å². The molecule has 0 aromatic carbocycles. The summed E-state index contributed by atoms with van der Waals surface area (Å²) in [6.07, 6.45) is 1.16. The molecule has 3 atom stereocenters. The second-order valence-corrected chi connectivity index (χ2v) is 12.5. The molecule has 3 heterocycles. The molecule has 1 saturated heterocycles. The van der Waals surface area contributed by atoms with Crippen LogP contribution in [-0.2, 0) is 20.0 Å². The average Bonchev–Trinajstić information content (AvgIpc) is 3.28. The Morgan fingerprint density at radius 1 is 1.27 bits per heavy atom. The zero-order chi connectivity index (χ0) is 22.1. The molecule has 0 spiro atoms. The molecule has 0 saturated carbocycles. The smallest absolute Gasteiger partial charge is 0.345 e. The summed E-state index contributed by atoms with van der Waals surface area (Å²) in [4.78, 5) is 8.45. The van der Waals surface area contributed by atoms with Gasteiger partial charge in [-0.05, 0) is 17.5 Å². The monoisotopic (exact) mass is 439 g/mol. The maximum Gasteiger partial charge on any atom is 0.345 e. The highest BCUT2D eigenvalue weighted by Gasteiger charge is 2.50. The molecule has 1 aliphatic rings. The van der Waals surface area contributed by atoms with Crippen molar-refractivity contribution in [2.24, 2.45) is 0 Å². The third kappa shape index (κ3) is 3.97. The van der Waals surface area contributed by atoms with E-state index in [0.717, 1.165) is 11.1 Å². The fourth-order valence-corrected chi connectivity index (χ4v) is 7.83. The quantitative estimate of drug-likeness (QED) is 0.395. The lowest BCUT2D eigenvalue weighted by Gasteiger charge is -2.39. The van der Waals surface area contributed by atoms with E-state index in [1.165, 1.54) is 6.33 Å². The van der Waals surface area contributed by atoms with Crippen molar-refractivity contribution in [3.8, 4) is 0 Å². The predicted octanol–water partition coefficient (Wildman–Crippen LogP) is 1.86. The first-order valence-electron chi connectivity index (χ1n) is 10.4. The van der Waals surface area contributed by atoms with Crippen molar-refractivity contribution in [1.29, 1.82) is 0 Å². The van der Waals surface area contributed by atoms with Crippen LogP contribution in [0.15, 0.2) is 6.33 Å². The minimum Gasteiger partial charge on any atom is -0.394 e. The Hall–Kier alpha value is -1.63. The highest BCUT2D eigenvalue weighted by Crippen LogP contribution is 2.41. The van der Waals surface area contributed by atoms with Crippen LogP contribution in [0.3, 0.4) is 0 Å². The third-order valence-corrected chi connectivity index (χ3v) is 10.3. The number of aliphatic hydroxyl groups excluding tert-OH is 2. The van der Waals surface area contributed by atoms with Crippen molar-refractivity contribution in [3.05, 3.63) is 12.0 Å². The van der Waals surface area contributed by atoms with Gasteiger partial charge in [0, 0.05) is 6.42 Å². The van der Waals surface area contributed by atoms with Crippen LogP contribution in [-0.4, -0.2) is 64.1 Å².